The van der Waals surface area contributed by atoms with E-state index in [2.05, 4.69) is 15.0 Å². The summed E-state index contributed by atoms with van der Waals surface area (Å²) in [6, 6.07) is 14.6. The van der Waals surface area contributed by atoms with Gasteiger partial charge in [0.1, 0.15) is 0 Å². The number of carbonyl (C=O) groups is 2. The number of piperazine rings is 1. The van der Waals surface area contributed by atoms with Gasteiger partial charge in [-0.25, -0.2) is 4.79 Å². The molecule has 0 bridgehead atoms. The van der Waals surface area contributed by atoms with Crippen molar-refractivity contribution in [1.82, 2.24) is 4.90 Å². The Hall–Kier alpha value is -2.73. The molecular weight excluding hydrogens is 366 g/mol. The molecule has 1 fully saturated rings. The average Bonchev–Trinajstić information content (AvgIpc) is 2.72. The first-order valence-electron chi connectivity index (χ1n) is 8.77. The topological polar surface area (TPSA) is 61.9 Å². The van der Waals surface area contributed by atoms with Crippen molar-refractivity contribution in [2.24, 2.45) is 0 Å². The minimum Gasteiger partial charge on any atom is -0.465 e. The van der Waals surface area contributed by atoms with Crippen LogP contribution in [0.2, 0.25) is 5.02 Å². The molecule has 27 heavy (non-hydrogen) atoms. The fraction of sp³-hybridized carbons (Fsp3) is 0.300. The van der Waals surface area contributed by atoms with Crippen LogP contribution in [0.1, 0.15) is 10.4 Å². The number of rotatable bonds is 5. The number of nitrogens with zero attached hydrogens (tertiary/aromatic N) is 2. The third kappa shape index (κ3) is 4.92. The standard InChI is InChI=1S/C20H22ClN3O3/c1-27-20(26)15-5-7-17(8-6-15)22-14-19(25)24-11-9-23(10-12-24)18-4-2-3-16(21)13-18/h2-8,13,22H,9-12,14H2,1H3. The van der Waals surface area contributed by atoms with Crippen molar-refractivity contribution in [3.63, 3.8) is 0 Å². The first-order chi connectivity index (χ1) is 13.1. The number of hydrogen-bond acceptors (Lipinski definition) is 5. The van der Waals surface area contributed by atoms with Crippen LogP contribution in [-0.2, 0) is 9.53 Å². The molecule has 0 aliphatic carbocycles. The van der Waals surface area contributed by atoms with E-state index in [4.69, 9.17) is 11.6 Å². The molecule has 0 unspecified atom stereocenters. The Kier molecular flexibility index (Phi) is 6.19. The number of anilines is 2. The Labute approximate surface area is 163 Å². The molecule has 0 spiro atoms. The van der Waals surface area contributed by atoms with Gasteiger partial charge in [0.15, 0.2) is 0 Å². The molecule has 142 valence electrons. The Morgan fingerprint density at radius 1 is 1.07 bits per heavy atom. The van der Waals surface area contributed by atoms with Gasteiger partial charge in [0.25, 0.3) is 0 Å². The van der Waals surface area contributed by atoms with Crippen molar-refractivity contribution < 1.29 is 14.3 Å². The maximum Gasteiger partial charge on any atom is 0.337 e. The Balaban J connectivity index is 1.47. The van der Waals surface area contributed by atoms with Gasteiger partial charge in [-0.15, -0.1) is 0 Å². The van der Waals surface area contributed by atoms with Gasteiger partial charge in [0.05, 0.1) is 19.2 Å². The fourth-order valence-electron chi connectivity index (χ4n) is 3.02. The second-order valence-electron chi connectivity index (χ2n) is 6.27. The second-order valence-corrected chi connectivity index (χ2v) is 6.71. The summed E-state index contributed by atoms with van der Waals surface area (Å²) in [5.74, 6) is -0.326. The molecular formula is C20H22ClN3O3. The Morgan fingerprint density at radius 3 is 2.41 bits per heavy atom. The molecule has 1 N–H and O–H groups in total. The predicted octanol–water partition coefficient (Wildman–Crippen LogP) is 2.89. The maximum absolute atomic E-state index is 12.4. The minimum atomic E-state index is -0.379. The van der Waals surface area contributed by atoms with E-state index in [1.807, 2.05) is 29.2 Å². The summed E-state index contributed by atoms with van der Waals surface area (Å²) in [4.78, 5) is 28.0. The summed E-state index contributed by atoms with van der Waals surface area (Å²) in [7, 11) is 1.35. The van der Waals surface area contributed by atoms with Crippen LogP contribution in [0.3, 0.4) is 0 Å². The van der Waals surface area contributed by atoms with Crippen LogP contribution in [0.5, 0.6) is 0 Å². The fourth-order valence-corrected chi connectivity index (χ4v) is 3.20. The summed E-state index contributed by atoms with van der Waals surface area (Å²) in [6.45, 7) is 3.12. The van der Waals surface area contributed by atoms with E-state index in [1.54, 1.807) is 24.3 Å². The van der Waals surface area contributed by atoms with Crippen molar-refractivity contribution in [1.29, 1.82) is 0 Å². The number of ether oxygens (including phenoxy) is 1. The van der Waals surface area contributed by atoms with E-state index < -0.39 is 0 Å². The van der Waals surface area contributed by atoms with E-state index in [-0.39, 0.29) is 18.4 Å². The molecule has 2 aromatic carbocycles. The zero-order valence-corrected chi connectivity index (χ0v) is 15.9. The highest BCUT2D eigenvalue weighted by atomic mass is 35.5. The molecule has 7 heteroatoms. The number of esters is 1. The molecule has 6 nitrogen and oxygen atoms in total. The van der Waals surface area contributed by atoms with Crippen LogP contribution in [0.4, 0.5) is 11.4 Å². The number of halogens is 1. The lowest BCUT2D eigenvalue weighted by atomic mass is 10.2. The smallest absolute Gasteiger partial charge is 0.337 e. The van der Waals surface area contributed by atoms with Crippen LogP contribution in [0.25, 0.3) is 0 Å². The zero-order chi connectivity index (χ0) is 19.2. The summed E-state index contributed by atoms with van der Waals surface area (Å²) < 4.78 is 4.67. The van der Waals surface area contributed by atoms with Gasteiger partial charge in [-0.1, -0.05) is 17.7 Å². The number of benzene rings is 2. The summed E-state index contributed by atoms with van der Waals surface area (Å²) >= 11 is 6.05. The monoisotopic (exact) mass is 387 g/mol. The van der Waals surface area contributed by atoms with Crippen LogP contribution in [-0.4, -0.2) is 56.6 Å². The summed E-state index contributed by atoms with van der Waals surface area (Å²) in [6.07, 6.45) is 0. The third-order valence-electron chi connectivity index (χ3n) is 4.56. The number of methoxy groups -OCH3 is 1. The normalized spacial score (nSPS) is 14.0. The van der Waals surface area contributed by atoms with Crippen molar-refractivity contribution in [3.8, 4) is 0 Å². The number of carbonyl (C=O) groups excluding carboxylic acids is 2. The summed E-state index contributed by atoms with van der Waals surface area (Å²) in [5.41, 5.74) is 2.35. The van der Waals surface area contributed by atoms with Crippen LogP contribution in [0.15, 0.2) is 48.5 Å². The van der Waals surface area contributed by atoms with Crippen molar-refractivity contribution in [2.45, 2.75) is 0 Å². The molecule has 1 heterocycles. The third-order valence-corrected chi connectivity index (χ3v) is 4.79. The van der Waals surface area contributed by atoms with E-state index in [9.17, 15) is 9.59 Å². The van der Waals surface area contributed by atoms with E-state index in [0.29, 0.717) is 23.7 Å². The predicted molar refractivity (Wildman–Crippen MR) is 107 cm³/mol. The second kappa shape index (κ2) is 8.77. The van der Waals surface area contributed by atoms with Gasteiger partial charge in [0.2, 0.25) is 5.91 Å². The highest BCUT2D eigenvalue weighted by molar-refractivity contribution is 6.30. The molecule has 2 aromatic rings. The molecule has 0 saturated carbocycles. The molecule has 0 aromatic heterocycles. The molecule has 1 aliphatic rings. The molecule has 3 rings (SSSR count). The average molecular weight is 388 g/mol. The first kappa shape index (κ1) is 19.0. The zero-order valence-electron chi connectivity index (χ0n) is 15.2. The van der Waals surface area contributed by atoms with E-state index in [0.717, 1.165) is 24.5 Å². The van der Waals surface area contributed by atoms with Gasteiger partial charge in [-0.2, -0.15) is 0 Å². The van der Waals surface area contributed by atoms with Crippen LogP contribution in [0, 0.1) is 0 Å². The molecule has 0 atom stereocenters. The van der Waals surface area contributed by atoms with Crippen molar-refractivity contribution in [3.05, 3.63) is 59.1 Å². The quantitative estimate of drug-likeness (QED) is 0.799. The number of nitrogens with one attached hydrogen (secondary N) is 1. The lowest BCUT2D eigenvalue weighted by Crippen LogP contribution is -2.50. The van der Waals surface area contributed by atoms with Crippen molar-refractivity contribution >= 4 is 34.9 Å². The Morgan fingerprint density at radius 2 is 1.78 bits per heavy atom. The lowest BCUT2D eigenvalue weighted by Gasteiger charge is -2.36. The highest BCUT2D eigenvalue weighted by Crippen LogP contribution is 2.20. The van der Waals surface area contributed by atoms with Crippen LogP contribution >= 0.6 is 11.6 Å². The van der Waals surface area contributed by atoms with Crippen LogP contribution < -0.4 is 10.2 Å². The first-order valence-corrected chi connectivity index (χ1v) is 9.15. The number of amides is 1. The minimum absolute atomic E-state index is 0.0535. The summed E-state index contributed by atoms with van der Waals surface area (Å²) in [5, 5.41) is 3.82. The van der Waals surface area contributed by atoms with E-state index in [1.165, 1.54) is 7.11 Å². The van der Waals surface area contributed by atoms with Gasteiger partial charge < -0.3 is 19.9 Å². The number of hydrogen-bond donors (Lipinski definition) is 1. The SMILES string of the molecule is COC(=O)c1ccc(NCC(=O)N2CCN(c3cccc(Cl)c3)CC2)cc1. The van der Waals surface area contributed by atoms with Gasteiger partial charge in [-0.3, -0.25) is 4.79 Å². The van der Waals surface area contributed by atoms with Crippen molar-refractivity contribution in [2.75, 3.05) is 50.1 Å². The largest absolute Gasteiger partial charge is 0.465 e. The molecule has 1 aliphatic heterocycles. The maximum atomic E-state index is 12.4. The van der Waals surface area contributed by atoms with Gasteiger partial charge in [-0.05, 0) is 42.5 Å². The molecule has 1 saturated heterocycles. The highest BCUT2D eigenvalue weighted by Gasteiger charge is 2.21. The van der Waals surface area contributed by atoms with Gasteiger partial charge >= 0.3 is 5.97 Å². The van der Waals surface area contributed by atoms with Gasteiger partial charge in [0, 0.05) is 42.6 Å². The molecule has 0 radical (unpaired) electrons. The Bertz CT molecular complexity index is 802. The molecule has 1 amide bonds. The van der Waals surface area contributed by atoms with E-state index >= 15 is 0 Å². The lowest BCUT2D eigenvalue weighted by molar-refractivity contribution is -0.129.